The Balaban J connectivity index is 1.26. The van der Waals surface area contributed by atoms with Crippen molar-refractivity contribution >= 4 is 50.1 Å². The van der Waals surface area contributed by atoms with Gasteiger partial charge in [-0.2, -0.15) is 0 Å². The number of sulfone groups is 1. The van der Waals surface area contributed by atoms with Gasteiger partial charge in [0.05, 0.1) is 24.0 Å². The number of hydrogen-bond donors (Lipinski definition) is 2. The number of carboxylic acid groups (broad SMARTS) is 1. The Morgan fingerprint density at radius 1 is 1.11 bits per heavy atom. The highest BCUT2D eigenvalue weighted by Gasteiger charge is 2.42. The van der Waals surface area contributed by atoms with Gasteiger partial charge in [-0.25, -0.2) is 13.2 Å². The van der Waals surface area contributed by atoms with E-state index < -0.39 is 33.6 Å². The van der Waals surface area contributed by atoms with Crippen LogP contribution in [0.1, 0.15) is 12.8 Å². The summed E-state index contributed by atoms with van der Waals surface area (Å²) in [6.07, 6.45) is 1.39. The molecular weight excluding hydrogens is 534 g/mol. The molecule has 2 fully saturated rings. The van der Waals surface area contributed by atoms with Crippen LogP contribution in [0.25, 0.3) is 10.8 Å². The summed E-state index contributed by atoms with van der Waals surface area (Å²) in [4.78, 5) is 44.8. The van der Waals surface area contributed by atoms with Gasteiger partial charge in [0.1, 0.15) is 11.7 Å². The number of halogens is 1. The lowest BCUT2D eigenvalue weighted by atomic mass is 10.0. The van der Waals surface area contributed by atoms with Gasteiger partial charge in [0.15, 0.2) is 9.84 Å². The van der Waals surface area contributed by atoms with Crippen molar-refractivity contribution in [3.05, 3.63) is 53.3 Å². The fourth-order valence-corrected chi connectivity index (χ4v) is 6.93. The second-order valence-electron chi connectivity index (χ2n) is 9.86. The lowest BCUT2D eigenvalue weighted by Crippen LogP contribution is -2.55. The Morgan fingerprint density at radius 3 is 2.47 bits per heavy atom. The number of carbonyl (C=O) groups is 3. The van der Waals surface area contributed by atoms with Crippen LogP contribution in [0.5, 0.6) is 0 Å². The number of carbonyl (C=O) groups excluding carboxylic acids is 2. The first-order valence-corrected chi connectivity index (χ1v) is 14.2. The van der Waals surface area contributed by atoms with Gasteiger partial charge < -0.3 is 30.0 Å². The van der Waals surface area contributed by atoms with Crippen LogP contribution >= 0.6 is 11.6 Å². The lowest BCUT2D eigenvalue weighted by molar-refractivity contribution is -0.135. The van der Waals surface area contributed by atoms with Crippen LogP contribution in [0.4, 0.5) is 4.79 Å². The molecule has 2 saturated heterocycles. The molecule has 0 aromatic heterocycles. The highest BCUT2D eigenvalue weighted by atomic mass is 35.5. The largest absolute Gasteiger partial charge is 0.465 e. The Bertz CT molecular complexity index is 1440. The molecule has 0 aliphatic carbocycles. The van der Waals surface area contributed by atoms with E-state index in [-0.39, 0.29) is 16.8 Å². The topological polar surface area (TPSA) is 131 Å². The maximum Gasteiger partial charge on any atom is 0.405 e. The van der Waals surface area contributed by atoms with Crippen LogP contribution < -0.4 is 5.32 Å². The van der Waals surface area contributed by atoms with E-state index in [4.69, 9.17) is 11.6 Å². The van der Waals surface area contributed by atoms with Gasteiger partial charge in [-0.1, -0.05) is 23.7 Å². The summed E-state index contributed by atoms with van der Waals surface area (Å²) < 4.78 is 26.4. The zero-order valence-electron chi connectivity index (χ0n) is 20.7. The first kappa shape index (κ1) is 26.1. The molecule has 2 aromatic carbocycles. The summed E-state index contributed by atoms with van der Waals surface area (Å²) in [6.45, 7) is 1.73. The minimum atomic E-state index is -4.01. The van der Waals surface area contributed by atoms with Crippen LogP contribution in [0.3, 0.4) is 0 Å². The minimum absolute atomic E-state index is 0.0101. The van der Waals surface area contributed by atoms with Crippen LogP contribution in [0, 0.1) is 0 Å². The summed E-state index contributed by atoms with van der Waals surface area (Å²) >= 11 is 6.00. The number of rotatable bonds is 6. The van der Waals surface area contributed by atoms with Crippen molar-refractivity contribution in [2.24, 2.45) is 0 Å². The highest BCUT2D eigenvalue weighted by Crippen LogP contribution is 2.29. The van der Waals surface area contributed by atoms with E-state index in [0.717, 1.165) is 5.39 Å². The lowest BCUT2D eigenvalue weighted by Gasteiger charge is -2.37. The van der Waals surface area contributed by atoms with Crippen molar-refractivity contribution in [3.63, 3.8) is 0 Å². The number of likely N-dealkylation sites (tertiary alicyclic amines) is 1. The van der Waals surface area contributed by atoms with Crippen LogP contribution in [0.2, 0.25) is 5.02 Å². The van der Waals surface area contributed by atoms with E-state index in [9.17, 15) is 27.9 Å². The molecule has 3 amide bonds. The maximum atomic E-state index is 13.3. The van der Waals surface area contributed by atoms with Crippen molar-refractivity contribution < 1.29 is 27.9 Å². The molecule has 3 aliphatic rings. The molecule has 5 rings (SSSR count). The second-order valence-corrected chi connectivity index (χ2v) is 12.3. The predicted molar refractivity (Wildman–Crippen MR) is 140 cm³/mol. The first-order valence-electron chi connectivity index (χ1n) is 12.2. The van der Waals surface area contributed by atoms with E-state index in [0.29, 0.717) is 55.4 Å². The van der Waals surface area contributed by atoms with E-state index in [1.807, 2.05) is 27.9 Å². The van der Waals surface area contributed by atoms with E-state index >= 15 is 0 Å². The van der Waals surface area contributed by atoms with E-state index in [2.05, 4.69) is 5.32 Å². The van der Waals surface area contributed by atoms with E-state index in [1.165, 1.54) is 17.0 Å². The number of nitrogens with zero attached hydrogens (tertiary/aromatic N) is 4. The Hall–Kier alpha value is -3.51. The molecule has 2 aromatic rings. The Kier molecular flexibility index (Phi) is 6.86. The molecule has 202 valence electrons. The van der Waals surface area contributed by atoms with Gasteiger partial charge in [-0.05, 0) is 47.9 Å². The summed E-state index contributed by atoms with van der Waals surface area (Å²) in [5, 5.41) is 13.4. The fourth-order valence-electron chi connectivity index (χ4n) is 5.31. The van der Waals surface area contributed by atoms with Gasteiger partial charge in [-0.15, -0.1) is 0 Å². The Morgan fingerprint density at radius 2 is 1.79 bits per heavy atom. The van der Waals surface area contributed by atoms with E-state index in [1.54, 1.807) is 24.3 Å². The molecule has 0 saturated carbocycles. The van der Waals surface area contributed by atoms with Crippen molar-refractivity contribution in [2.45, 2.75) is 29.8 Å². The van der Waals surface area contributed by atoms with Crippen molar-refractivity contribution in [1.82, 2.24) is 24.9 Å². The van der Waals surface area contributed by atoms with Crippen molar-refractivity contribution in [3.8, 4) is 0 Å². The molecule has 38 heavy (non-hydrogen) atoms. The molecule has 3 aliphatic heterocycles. The summed E-state index contributed by atoms with van der Waals surface area (Å²) in [7, 11) is -2.10. The summed E-state index contributed by atoms with van der Waals surface area (Å²) in [5.41, 5.74) is 0.665. The number of benzene rings is 2. The molecule has 0 bridgehead atoms. The van der Waals surface area contributed by atoms with Gasteiger partial charge in [0, 0.05) is 37.4 Å². The molecule has 1 atom stereocenters. The number of piperidine rings is 1. The van der Waals surface area contributed by atoms with Crippen molar-refractivity contribution in [2.75, 3.05) is 39.2 Å². The zero-order valence-corrected chi connectivity index (χ0v) is 22.3. The number of fused-ring (bicyclic) bond motifs is 2. The quantitative estimate of drug-likeness (QED) is 0.545. The van der Waals surface area contributed by atoms with Gasteiger partial charge in [-0.3, -0.25) is 9.59 Å². The monoisotopic (exact) mass is 561 g/mol. The second kappa shape index (κ2) is 9.99. The number of hydrogen-bond acceptors (Lipinski definition) is 7. The summed E-state index contributed by atoms with van der Waals surface area (Å²) in [6, 6.07) is 8.08. The standard InChI is InChI=1S/C25H28ClN5O6S/c1-28-12-22-24(33)31(15-30(22)14-28)19-6-8-29(9-7-19)23(32)21(27-25(34)35)13-38(36,37)20-5-3-16-10-18(26)4-2-17(16)11-20/h2-5,10-12,19,21,27H,6-9,13-15H2,1H3,(H,34,35)/t21-/m1/s1. The predicted octanol–water partition coefficient (Wildman–Crippen LogP) is 1.74. The highest BCUT2D eigenvalue weighted by molar-refractivity contribution is 7.91. The molecule has 11 nitrogen and oxygen atoms in total. The van der Waals surface area contributed by atoms with Crippen molar-refractivity contribution in [1.29, 1.82) is 0 Å². The van der Waals surface area contributed by atoms with Crippen LogP contribution in [-0.4, -0.2) is 102 Å². The van der Waals surface area contributed by atoms with Gasteiger partial charge in [0.25, 0.3) is 5.91 Å². The number of amides is 3. The van der Waals surface area contributed by atoms with Crippen LogP contribution in [0.15, 0.2) is 53.2 Å². The van der Waals surface area contributed by atoms with Crippen LogP contribution in [-0.2, 0) is 19.4 Å². The first-order chi connectivity index (χ1) is 18.0. The zero-order chi connectivity index (χ0) is 27.2. The third-order valence-corrected chi connectivity index (χ3v) is 9.19. The molecule has 0 radical (unpaired) electrons. The average Bonchev–Trinajstić information content (AvgIpc) is 3.39. The summed E-state index contributed by atoms with van der Waals surface area (Å²) in [5.74, 6) is -1.34. The molecule has 13 heteroatoms. The smallest absolute Gasteiger partial charge is 0.405 e. The normalized spacial score (nSPS) is 19.1. The third-order valence-electron chi connectivity index (χ3n) is 7.21. The van der Waals surface area contributed by atoms with Gasteiger partial charge in [0.2, 0.25) is 5.91 Å². The minimum Gasteiger partial charge on any atom is -0.465 e. The molecule has 3 heterocycles. The maximum absolute atomic E-state index is 13.3. The molecular formula is C25H28ClN5O6S. The molecule has 2 N–H and O–H groups in total. The molecule has 0 spiro atoms. The molecule has 0 unspecified atom stereocenters. The Labute approximate surface area is 225 Å². The average molecular weight is 562 g/mol. The number of nitrogens with one attached hydrogen (secondary N) is 1. The fraction of sp³-hybridized carbons (Fsp3) is 0.400. The third kappa shape index (κ3) is 5.10. The SMILES string of the molecule is CN1C=C2C(=O)N(C3CCN(C(=O)[C@@H](CS(=O)(=O)c4ccc5cc(Cl)ccc5c4)NC(=O)O)CC3)CN2C1. The van der Waals surface area contributed by atoms with Gasteiger partial charge >= 0.3 is 6.09 Å².